The normalized spacial score (nSPS) is 16.9. The van der Waals surface area contributed by atoms with E-state index in [1.165, 1.54) is 13.2 Å². The number of halogens is 3. The number of carbonyl (C=O) groups is 2. The van der Waals surface area contributed by atoms with Gasteiger partial charge in [-0.15, -0.1) is 0 Å². The third-order valence-electron chi connectivity index (χ3n) is 8.66. The summed E-state index contributed by atoms with van der Waals surface area (Å²) in [5.74, 6) is -4.04. The maximum atomic E-state index is 14.5. The van der Waals surface area contributed by atoms with Crippen LogP contribution in [0.3, 0.4) is 0 Å². The number of amides is 1. The second-order valence-electron chi connectivity index (χ2n) is 11.5. The number of piperidine rings is 1. The zero-order chi connectivity index (χ0) is 34.1. The van der Waals surface area contributed by atoms with Gasteiger partial charge in [-0.25, -0.2) is 40.5 Å². The van der Waals surface area contributed by atoms with Crippen LogP contribution in [0.5, 0.6) is 0 Å². The molecule has 0 aliphatic carbocycles. The van der Waals surface area contributed by atoms with Crippen molar-refractivity contribution in [1.82, 2.24) is 20.2 Å². The molecule has 3 heterocycles. The highest BCUT2D eigenvalue weighted by Crippen LogP contribution is 2.51. The lowest BCUT2D eigenvalue weighted by Gasteiger charge is -2.40. The first-order valence-corrected chi connectivity index (χ1v) is 16.7. The number of benzene rings is 2. The zero-order valence-corrected chi connectivity index (χ0v) is 26.7. The van der Waals surface area contributed by atoms with E-state index in [2.05, 4.69) is 20.9 Å². The summed E-state index contributed by atoms with van der Waals surface area (Å²) in [6, 6.07) is 3.88. The van der Waals surface area contributed by atoms with E-state index >= 15 is 0 Å². The van der Waals surface area contributed by atoms with Gasteiger partial charge in [0.1, 0.15) is 11.4 Å². The van der Waals surface area contributed by atoms with Crippen LogP contribution in [0.15, 0.2) is 40.0 Å². The Morgan fingerprint density at radius 3 is 2.47 bits per heavy atom. The number of methoxy groups -OCH3 is 2. The molecule has 16 heteroatoms. The highest BCUT2D eigenvalue weighted by atomic mass is 32.2. The standard InChI is InChI=1S/C31H34F3N5O7S/c1-45-16-22-25(28(40)46-2)27(17-6-7-19(33)20(34)13-17)38-30(42)39(22)29(41)36-10-4-5-24-31(8-11-35-12-9-31)26-21(37-24)14-18(32)15-23(26)47(3,43)44/h6-7,13-15,24,35,37H,4-5,8-12,16H2,1-3H3,(H,36,41). The Morgan fingerprint density at radius 1 is 1.11 bits per heavy atom. The smallest absolute Gasteiger partial charge is 0.356 e. The number of hydrogen-bond donors (Lipinski definition) is 3. The number of sulfone groups is 1. The maximum Gasteiger partial charge on any atom is 0.356 e. The van der Waals surface area contributed by atoms with Crippen LogP contribution in [-0.2, 0) is 31.3 Å². The topological polar surface area (TPSA) is 158 Å². The third-order valence-corrected chi connectivity index (χ3v) is 9.78. The van der Waals surface area contributed by atoms with Crippen LogP contribution < -0.4 is 21.6 Å². The van der Waals surface area contributed by atoms with E-state index in [0.29, 0.717) is 54.6 Å². The molecular formula is C31H34F3N5O7S. The Balaban J connectivity index is 1.40. The molecule has 2 aliphatic rings. The largest absolute Gasteiger partial charge is 0.465 e. The highest BCUT2D eigenvalue weighted by molar-refractivity contribution is 7.90. The third kappa shape index (κ3) is 6.49. The van der Waals surface area contributed by atoms with E-state index in [0.717, 1.165) is 37.6 Å². The van der Waals surface area contributed by atoms with Crippen molar-refractivity contribution in [3.63, 3.8) is 0 Å². The first kappa shape index (κ1) is 34.1. The van der Waals surface area contributed by atoms with Crippen LogP contribution >= 0.6 is 0 Å². The van der Waals surface area contributed by atoms with Gasteiger partial charge in [0, 0.05) is 48.2 Å². The molecule has 5 rings (SSSR count). The number of carbonyl (C=O) groups excluding carboxylic acids is 2. The zero-order valence-electron chi connectivity index (χ0n) is 25.9. The van der Waals surface area contributed by atoms with Crippen molar-refractivity contribution in [3.05, 3.63) is 75.1 Å². The Morgan fingerprint density at radius 2 is 1.83 bits per heavy atom. The molecule has 2 aliphatic heterocycles. The summed E-state index contributed by atoms with van der Waals surface area (Å²) in [6.07, 6.45) is 3.12. The van der Waals surface area contributed by atoms with Crippen molar-refractivity contribution >= 4 is 27.5 Å². The van der Waals surface area contributed by atoms with Gasteiger partial charge in [-0.3, -0.25) is 0 Å². The summed E-state index contributed by atoms with van der Waals surface area (Å²) >= 11 is 0. The number of rotatable bonds is 9. The summed E-state index contributed by atoms with van der Waals surface area (Å²) in [5.41, 5.74) is -1.65. The number of anilines is 1. The predicted octanol–water partition coefficient (Wildman–Crippen LogP) is 3.12. The number of aromatic nitrogens is 2. The average molecular weight is 678 g/mol. The number of fused-ring (bicyclic) bond motifs is 2. The molecule has 1 spiro atoms. The first-order chi connectivity index (χ1) is 22.3. The van der Waals surface area contributed by atoms with Gasteiger partial charge >= 0.3 is 17.7 Å². The number of ether oxygens (including phenoxy) is 2. The fourth-order valence-corrected chi connectivity index (χ4v) is 7.63. The summed E-state index contributed by atoms with van der Waals surface area (Å²) in [5, 5.41) is 9.27. The summed E-state index contributed by atoms with van der Waals surface area (Å²) in [7, 11) is -1.40. The van der Waals surface area contributed by atoms with Crippen LogP contribution in [-0.4, -0.2) is 76.1 Å². The number of esters is 1. The molecule has 0 saturated carbocycles. The minimum Gasteiger partial charge on any atom is -0.465 e. The summed E-state index contributed by atoms with van der Waals surface area (Å²) in [6.45, 7) is 0.922. The van der Waals surface area contributed by atoms with Crippen LogP contribution in [0.25, 0.3) is 11.3 Å². The van der Waals surface area contributed by atoms with Gasteiger partial charge < -0.3 is 25.4 Å². The van der Waals surface area contributed by atoms with Crippen molar-refractivity contribution in [3.8, 4) is 11.3 Å². The number of nitrogens with zero attached hydrogens (tertiary/aromatic N) is 2. The van der Waals surface area contributed by atoms with Gasteiger partial charge in [0.05, 0.1) is 30.0 Å². The van der Waals surface area contributed by atoms with Crippen LogP contribution in [0.1, 0.15) is 47.3 Å². The van der Waals surface area contributed by atoms with E-state index in [1.54, 1.807) is 0 Å². The lowest BCUT2D eigenvalue weighted by molar-refractivity contribution is 0.0594. The van der Waals surface area contributed by atoms with Crippen molar-refractivity contribution in [2.45, 2.75) is 48.6 Å². The Bertz CT molecular complexity index is 1890. The highest BCUT2D eigenvalue weighted by Gasteiger charge is 2.49. The van der Waals surface area contributed by atoms with Crippen LogP contribution in [0, 0.1) is 17.5 Å². The van der Waals surface area contributed by atoms with Crippen molar-refractivity contribution in [1.29, 1.82) is 0 Å². The Hall–Kier alpha value is -4.28. The molecular weight excluding hydrogens is 643 g/mol. The molecule has 1 fully saturated rings. The number of nitrogens with one attached hydrogen (secondary N) is 3. The molecule has 3 aromatic rings. The molecule has 1 aromatic heterocycles. The first-order valence-electron chi connectivity index (χ1n) is 14.8. The average Bonchev–Trinajstić information content (AvgIpc) is 3.30. The fraction of sp³-hybridized carbons (Fsp3) is 0.419. The van der Waals surface area contributed by atoms with E-state index in [4.69, 9.17) is 9.47 Å². The molecule has 3 N–H and O–H groups in total. The minimum absolute atomic E-state index is 0.0384. The molecule has 252 valence electrons. The molecule has 12 nitrogen and oxygen atoms in total. The summed E-state index contributed by atoms with van der Waals surface area (Å²) < 4.78 is 78.3. The van der Waals surface area contributed by atoms with Crippen LogP contribution in [0.2, 0.25) is 0 Å². The minimum atomic E-state index is -3.74. The van der Waals surface area contributed by atoms with Gasteiger partial charge in [0.2, 0.25) is 0 Å². The predicted molar refractivity (Wildman–Crippen MR) is 165 cm³/mol. The summed E-state index contributed by atoms with van der Waals surface area (Å²) in [4.78, 5) is 43.3. The van der Waals surface area contributed by atoms with E-state index < -0.39 is 57.0 Å². The second-order valence-corrected chi connectivity index (χ2v) is 13.5. The van der Waals surface area contributed by atoms with Crippen LogP contribution in [0.4, 0.5) is 23.7 Å². The second kappa shape index (κ2) is 13.4. The van der Waals surface area contributed by atoms with Crippen molar-refractivity contribution < 1.29 is 40.7 Å². The molecule has 47 heavy (non-hydrogen) atoms. The van der Waals surface area contributed by atoms with Gasteiger partial charge in [-0.05, 0) is 69.1 Å². The van der Waals surface area contributed by atoms with E-state index in [9.17, 15) is 36.0 Å². The molecule has 1 unspecified atom stereocenters. The van der Waals surface area contributed by atoms with E-state index in [-0.39, 0.29) is 40.0 Å². The van der Waals surface area contributed by atoms with Gasteiger partial charge in [-0.2, -0.15) is 4.98 Å². The van der Waals surface area contributed by atoms with E-state index in [1.807, 2.05) is 0 Å². The molecule has 1 saturated heterocycles. The molecule has 2 aromatic carbocycles. The Labute approximate surface area is 268 Å². The fourth-order valence-electron chi connectivity index (χ4n) is 6.62. The quantitative estimate of drug-likeness (QED) is 0.227. The van der Waals surface area contributed by atoms with Gasteiger partial charge in [-0.1, -0.05) is 0 Å². The van der Waals surface area contributed by atoms with Crippen molar-refractivity contribution in [2.75, 3.05) is 45.4 Å². The van der Waals surface area contributed by atoms with Gasteiger partial charge in [0.15, 0.2) is 21.5 Å². The molecule has 0 bridgehead atoms. The monoisotopic (exact) mass is 677 g/mol. The lowest BCUT2D eigenvalue weighted by atomic mass is 9.69. The maximum absolute atomic E-state index is 14.5. The molecule has 1 amide bonds. The molecule has 1 atom stereocenters. The Kier molecular flexibility index (Phi) is 9.75. The lowest BCUT2D eigenvalue weighted by Crippen LogP contribution is -2.48. The van der Waals surface area contributed by atoms with Gasteiger partial charge in [0.25, 0.3) is 0 Å². The number of hydrogen-bond acceptors (Lipinski definition) is 10. The van der Waals surface area contributed by atoms with Crippen molar-refractivity contribution in [2.24, 2.45) is 0 Å². The molecule has 0 radical (unpaired) electrons. The SMILES string of the molecule is COCc1c(C(=O)OC)c(-c2ccc(F)c(F)c2)nc(=O)n1C(=O)NCCCC1Nc2cc(F)cc(S(C)(=O)=O)c2C12CCNCC2.